The topological polar surface area (TPSA) is 76.1 Å². The number of Topliss-reactive ketones (excluding diaryl/α,β-unsaturated/α-hetero) is 1. The first-order valence-corrected chi connectivity index (χ1v) is 11.0. The van der Waals surface area contributed by atoms with E-state index in [1.807, 2.05) is 32.9 Å². The van der Waals surface area contributed by atoms with Crippen molar-refractivity contribution in [1.82, 2.24) is 4.90 Å². The maximum absolute atomic E-state index is 13.0. The normalized spacial score (nSPS) is 17.8. The van der Waals surface area contributed by atoms with Gasteiger partial charge in [0.2, 0.25) is 0 Å². The number of nitrogens with zero attached hydrogens (tertiary/aromatic N) is 1. The van der Waals surface area contributed by atoms with Crippen LogP contribution in [0.25, 0.3) is 5.76 Å². The van der Waals surface area contributed by atoms with E-state index in [0.717, 1.165) is 12.8 Å². The molecular weight excluding hydrogens is 430 g/mol. The molecule has 1 aliphatic rings. The third-order valence-corrected chi connectivity index (χ3v) is 5.62. The summed E-state index contributed by atoms with van der Waals surface area (Å²) >= 11 is 6.32. The molecule has 1 unspecified atom stereocenters. The zero-order valence-electron chi connectivity index (χ0n) is 18.7. The average molecular weight is 458 g/mol. The van der Waals surface area contributed by atoms with Gasteiger partial charge in [-0.3, -0.25) is 9.59 Å². The Bertz CT molecular complexity index is 1030. The summed E-state index contributed by atoms with van der Waals surface area (Å²) in [4.78, 5) is 27.5. The van der Waals surface area contributed by atoms with Crippen LogP contribution in [-0.2, 0) is 9.59 Å². The van der Waals surface area contributed by atoms with Crippen LogP contribution < -0.4 is 9.47 Å². The van der Waals surface area contributed by atoms with Gasteiger partial charge in [0.25, 0.3) is 11.7 Å². The third-order valence-electron chi connectivity index (χ3n) is 5.29. The predicted octanol–water partition coefficient (Wildman–Crippen LogP) is 5.36. The Labute approximate surface area is 193 Å². The van der Waals surface area contributed by atoms with Gasteiger partial charge in [0.1, 0.15) is 17.3 Å². The van der Waals surface area contributed by atoms with Crippen molar-refractivity contribution in [3.05, 3.63) is 64.2 Å². The Hall–Kier alpha value is -2.99. The number of carbonyl (C=O) groups is 2. The molecule has 3 rings (SSSR count). The van der Waals surface area contributed by atoms with Gasteiger partial charge in [0.15, 0.2) is 0 Å². The van der Waals surface area contributed by atoms with Crippen LogP contribution in [0, 0.1) is 0 Å². The molecule has 0 aromatic heterocycles. The Morgan fingerprint density at radius 3 is 2.38 bits per heavy atom. The maximum atomic E-state index is 13.0. The van der Waals surface area contributed by atoms with Crippen LogP contribution in [0.1, 0.15) is 50.8 Å². The number of aliphatic hydroxyl groups is 1. The SMILES string of the molecule is CCCCN1C(=O)C(=O)/C(=C(/O)c2cc(OC)ccc2Cl)C1c1ccc(OC(C)C)cc1. The number of likely N-dealkylation sites (tertiary alicyclic amines) is 1. The molecule has 2 aromatic carbocycles. The fourth-order valence-corrected chi connectivity index (χ4v) is 3.95. The molecule has 32 heavy (non-hydrogen) atoms. The second-order valence-electron chi connectivity index (χ2n) is 7.93. The van der Waals surface area contributed by atoms with Crippen molar-refractivity contribution in [2.24, 2.45) is 0 Å². The number of aliphatic hydroxyl groups excluding tert-OH is 1. The van der Waals surface area contributed by atoms with Crippen LogP contribution in [0.3, 0.4) is 0 Å². The van der Waals surface area contributed by atoms with E-state index in [1.54, 1.807) is 30.3 Å². The van der Waals surface area contributed by atoms with Crippen LogP contribution in [0.2, 0.25) is 5.02 Å². The lowest BCUT2D eigenvalue weighted by molar-refractivity contribution is -0.139. The first-order valence-electron chi connectivity index (χ1n) is 10.7. The standard InChI is InChI=1S/C25H28ClNO5/c1-5-6-13-27-22(16-7-9-17(10-8-16)32-15(2)3)21(24(29)25(27)30)23(28)19-14-18(31-4)11-12-20(19)26/h7-12,14-15,22,28H,5-6,13H2,1-4H3/b23-21+. The van der Waals surface area contributed by atoms with Gasteiger partial charge in [0, 0.05) is 12.1 Å². The van der Waals surface area contributed by atoms with E-state index in [-0.39, 0.29) is 28.0 Å². The molecule has 1 heterocycles. The van der Waals surface area contributed by atoms with Gasteiger partial charge < -0.3 is 19.5 Å². The summed E-state index contributed by atoms with van der Waals surface area (Å²) in [5.41, 5.74) is 0.958. The first kappa shape index (κ1) is 23.7. The third kappa shape index (κ3) is 4.75. The van der Waals surface area contributed by atoms with Crippen molar-refractivity contribution < 1.29 is 24.2 Å². The Kier molecular flexibility index (Phi) is 7.46. The van der Waals surface area contributed by atoms with Gasteiger partial charge in [0.05, 0.1) is 29.9 Å². The van der Waals surface area contributed by atoms with Gasteiger partial charge in [-0.05, 0) is 56.2 Å². The molecule has 0 aliphatic carbocycles. The van der Waals surface area contributed by atoms with Crippen molar-refractivity contribution in [2.75, 3.05) is 13.7 Å². The minimum atomic E-state index is -0.731. The summed E-state index contributed by atoms with van der Waals surface area (Å²) in [6, 6.07) is 11.3. The summed E-state index contributed by atoms with van der Waals surface area (Å²) < 4.78 is 10.9. The highest BCUT2D eigenvalue weighted by molar-refractivity contribution is 6.47. The number of benzene rings is 2. The Morgan fingerprint density at radius 1 is 1.12 bits per heavy atom. The number of rotatable bonds is 8. The largest absolute Gasteiger partial charge is 0.507 e. The average Bonchev–Trinajstić information content (AvgIpc) is 3.02. The van der Waals surface area contributed by atoms with E-state index in [0.29, 0.717) is 23.6 Å². The van der Waals surface area contributed by atoms with Crippen LogP contribution in [-0.4, -0.2) is 41.5 Å². The molecule has 0 saturated carbocycles. The van der Waals surface area contributed by atoms with E-state index < -0.39 is 17.7 Å². The van der Waals surface area contributed by atoms with E-state index in [2.05, 4.69) is 0 Å². The van der Waals surface area contributed by atoms with Crippen LogP contribution in [0.4, 0.5) is 0 Å². The van der Waals surface area contributed by atoms with Crippen LogP contribution in [0.5, 0.6) is 11.5 Å². The molecule has 1 atom stereocenters. The zero-order valence-corrected chi connectivity index (χ0v) is 19.5. The van der Waals surface area contributed by atoms with Crippen molar-refractivity contribution in [1.29, 1.82) is 0 Å². The molecule has 2 aromatic rings. The quantitative estimate of drug-likeness (QED) is 0.328. The molecule has 1 N–H and O–H groups in total. The lowest BCUT2D eigenvalue weighted by atomic mass is 9.95. The van der Waals surface area contributed by atoms with Gasteiger partial charge in [-0.25, -0.2) is 0 Å². The molecule has 7 heteroatoms. The van der Waals surface area contributed by atoms with Gasteiger partial charge in [-0.15, -0.1) is 0 Å². The number of amides is 1. The molecule has 0 spiro atoms. The molecule has 1 aliphatic heterocycles. The highest BCUT2D eigenvalue weighted by Crippen LogP contribution is 2.41. The Balaban J connectivity index is 2.14. The van der Waals surface area contributed by atoms with E-state index in [1.165, 1.54) is 12.0 Å². The molecule has 0 bridgehead atoms. The number of ether oxygens (including phenoxy) is 2. The number of unbranched alkanes of at least 4 members (excludes halogenated alkanes) is 1. The minimum Gasteiger partial charge on any atom is -0.507 e. The second kappa shape index (κ2) is 10.1. The van der Waals surface area contributed by atoms with E-state index >= 15 is 0 Å². The molecule has 170 valence electrons. The second-order valence-corrected chi connectivity index (χ2v) is 8.33. The summed E-state index contributed by atoms with van der Waals surface area (Å²) in [6.07, 6.45) is 1.61. The van der Waals surface area contributed by atoms with Crippen LogP contribution >= 0.6 is 11.6 Å². The molecule has 0 radical (unpaired) electrons. The lowest BCUT2D eigenvalue weighted by Gasteiger charge is -2.25. The molecule has 1 saturated heterocycles. The molecule has 6 nitrogen and oxygen atoms in total. The number of halogens is 1. The number of ketones is 1. The van der Waals surface area contributed by atoms with Crippen LogP contribution in [0.15, 0.2) is 48.0 Å². The van der Waals surface area contributed by atoms with Gasteiger partial charge >= 0.3 is 0 Å². The predicted molar refractivity (Wildman–Crippen MR) is 124 cm³/mol. The van der Waals surface area contributed by atoms with Gasteiger partial charge in [-0.2, -0.15) is 0 Å². The number of methoxy groups -OCH3 is 1. The highest BCUT2D eigenvalue weighted by Gasteiger charge is 2.45. The molecular formula is C25H28ClNO5. The lowest BCUT2D eigenvalue weighted by Crippen LogP contribution is -2.30. The molecule has 1 amide bonds. The summed E-state index contributed by atoms with van der Waals surface area (Å²) in [5, 5.41) is 11.4. The molecule has 1 fully saturated rings. The van der Waals surface area contributed by atoms with E-state index in [9.17, 15) is 14.7 Å². The number of hydrogen-bond acceptors (Lipinski definition) is 5. The monoisotopic (exact) mass is 457 g/mol. The first-order chi connectivity index (χ1) is 15.3. The fourth-order valence-electron chi connectivity index (χ4n) is 3.74. The summed E-state index contributed by atoms with van der Waals surface area (Å²) in [5.74, 6) is -0.525. The number of carbonyl (C=O) groups excluding carboxylic acids is 2. The van der Waals surface area contributed by atoms with Crippen molar-refractivity contribution in [3.8, 4) is 11.5 Å². The number of hydrogen-bond donors (Lipinski definition) is 1. The summed E-state index contributed by atoms with van der Waals surface area (Å²) in [6.45, 7) is 6.29. The van der Waals surface area contributed by atoms with E-state index in [4.69, 9.17) is 21.1 Å². The van der Waals surface area contributed by atoms with Gasteiger partial charge in [-0.1, -0.05) is 37.1 Å². The highest BCUT2D eigenvalue weighted by atomic mass is 35.5. The minimum absolute atomic E-state index is 0.0128. The zero-order chi connectivity index (χ0) is 23.4. The van der Waals surface area contributed by atoms with Crippen molar-refractivity contribution >= 4 is 29.1 Å². The Morgan fingerprint density at radius 2 is 1.78 bits per heavy atom. The van der Waals surface area contributed by atoms with Crippen molar-refractivity contribution in [3.63, 3.8) is 0 Å². The summed E-state index contributed by atoms with van der Waals surface area (Å²) in [7, 11) is 1.50. The maximum Gasteiger partial charge on any atom is 0.295 e. The van der Waals surface area contributed by atoms with Crippen molar-refractivity contribution in [2.45, 2.75) is 45.8 Å². The fraction of sp³-hybridized carbons (Fsp3) is 0.360. The smallest absolute Gasteiger partial charge is 0.295 e.